The van der Waals surface area contributed by atoms with Gasteiger partial charge in [0.25, 0.3) is 5.92 Å². The molecule has 22 heavy (non-hydrogen) atoms. The van der Waals surface area contributed by atoms with Gasteiger partial charge in [0.1, 0.15) is 12.1 Å². The van der Waals surface area contributed by atoms with E-state index >= 15 is 0 Å². The molecule has 0 amide bonds. The number of hydrogen-bond acceptors (Lipinski definition) is 2. The van der Waals surface area contributed by atoms with Crippen molar-refractivity contribution in [2.75, 3.05) is 6.61 Å². The monoisotopic (exact) mass is 395 g/mol. The predicted molar refractivity (Wildman–Crippen MR) is 87.2 cm³/mol. The summed E-state index contributed by atoms with van der Waals surface area (Å²) in [6.45, 7) is 3.86. The first-order valence-electron chi connectivity index (χ1n) is 7.01. The van der Waals surface area contributed by atoms with Crippen LogP contribution >= 0.6 is 15.9 Å². The van der Waals surface area contributed by atoms with E-state index in [0.29, 0.717) is 16.5 Å². The smallest absolute Gasteiger partial charge is 0.293 e. The van der Waals surface area contributed by atoms with Crippen molar-refractivity contribution in [1.29, 1.82) is 0 Å². The lowest BCUT2D eigenvalue weighted by molar-refractivity contribution is -0.119. The predicted octanol–water partition coefficient (Wildman–Crippen LogP) is 3.27. The normalized spacial score (nSPS) is 23.4. The minimum atomic E-state index is -3.42. The largest absolute Gasteiger partial charge is 0.390 e. The fraction of sp³-hybridized carbons (Fsp3) is 0.600. The van der Waals surface area contributed by atoms with Crippen LogP contribution in [0.4, 0.5) is 8.78 Å². The van der Waals surface area contributed by atoms with E-state index < -0.39 is 33.8 Å². The van der Waals surface area contributed by atoms with Gasteiger partial charge in [0.05, 0.1) is 15.7 Å². The van der Waals surface area contributed by atoms with Crippen LogP contribution in [0.1, 0.15) is 38.3 Å². The Kier molecular flexibility index (Phi) is 4.84. The van der Waals surface area contributed by atoms with Crippen LogP contribution in [0.25, 0.3) is 0 Å². The summed E-state index contributed by atoms with van der Waals surface area (Å²) in [6, 6.07) is 5.21. The molecule has 0 spiro atoms. The topological polar surface area (TPSA) is 49.3 Å². The van der Waals surface area contributed by atoms with Gasteiger partial charge in [-0.15, -0.1) is 0 Å². The van der Waals surface area contributed by atoms with Crippen molar-refractivity contribution in [2.24, 2.45) is 0 Å². The molecule has 0 bridgehead atoms. The zero-order valence-corrected chi connectivity index (χ0v) is 15.2. The molecule has 1 aromatic rings. The van der Waals surface area contributed by atoms with Crippen molar-refractivity contribution >= 4 is 26.9 Å². The molecule has 0 unspecified atom stereocenters. The highest BCUT2D eigenvalue weighted by Gasteiger charge is 2.58. The fourth-order valence-corrected chi connectivity index (χ4v) is 3.97. The molecule has 2 atom stereocenters. The molecule has 0 aromatic heterocycles. The Morgan fingerprint density at radius 2 is 2.05 bits per heavy atom. The number of hydrogen-bond donors (Lipinski definition) is 2. The maximum absolute atomic E-state index is 14.6. The zero-order valence-electron chi connectivity index (χ0n) is 12.8. The molecule has 0 aliphatic heterocycles. The number of benzene rings is 1. The van der Waals surface area contributed by atoms with Gasteiger partial charge in [-0.25, -0.2) is 17.7 Å². The molecule has 0 heterocycles. The maximum Gasteiger partial charge on any atom is 0.293 e. The van der Waals surface area contributed by atoms with E-state index in [1.807, 2.05) is 0 Å². The van der Waals surface area contributed by atoms with Gasteiger partial charge in [0, 0.05) is 4.47 Å². The number of halogens is 3. The number of aryl methyl sites for hydroxylation is 1. The van der Waals surface area contributed by atoms with Gasteiger partial charge in [-0.05, 0) is 56.9 Å². The maximum atomic E-state index is 14.6. The van der Waals surface area contributed by atoms with E-state index in [1.54, 1.807) is 39.0 Å². The van der Waals surface area contributed by atoms with E-state index in [0.717, 1.165) is 5.56 Å². The van der Waals surface area contributed by atoms with Crippen LogP contribution in [0.3, 0.4) is 0 Å². The van der Waals surface area contributed by atoms with E-state index in [4.69, 9.17) is 0 Å². The number of fused-ring (bicyclic) bond motifs is 1. The lowest BCUT2D eigenvalue weighted by Crippen LogP contribution is -2.58. The first-order valence-corrected chi connectivity index (χ1v) is 8.95. The summed E-state index contributed by atoms with van der Waals surface area (Å²) in [7, 11) is -1.68. The SMILES string of the molecule is CC(C)(C)[S@@](=O)N[C@]1(C(F)(F)CO)CCc2ccc(Br)cc21. The highest BCUT2D eigenvalue weighted by Crippen LogP contribution is 2.48. The lowest BCUT2D eigenvalue weighted by atomic mass is 9.86. The summed E-state index contributed by atoms with van der Waals surface area (Å²) in [4.78, 5) is 0. The number of aliphatic hydroxyl groups excluding tert-OH is 1. The Bertz CT molecular complexity index is 604. The second kappa shape index (κ2) is 5.92. The van der Waals surface area contributed by atoms with Crippen LogP contribution in [0.5, 0.6) is 0 Å². The van der Waals surface area contributed by atoms with Crippen LogP contribution in [-0.4, -0.2) is 26.6 Å². The van der Waals surface area contributed by atoms with E-state index in [2.05, 4.69) is 20.7 Å². The number of aliphatic hydroxyl groups is 1. The first kappa shape index (κ1) is 18.0. The minimum absolute atomic E-state index is 0.0914. The summed E-state index contributed by atoms with van der Waals surface area (Å²) in [6.07, 6.45) is 0.542. The molecule has 2 N–H and O–H groups in total. The van der Waals surface area contributed by atoms with Crippen LogP contribution < -0.4 is 4.72 Å². The standard InChI is InChI=1S/C15H20BrF2NO2S/c1-13(2,3)22(21)19-14(15(17,18)9-20)7-6-10-4-5-11(16)8-12(10)14/h4-5,8,19-20H,6-7,9H2,1-3H3/t14-,22-/m1/s1. The van der Waals surface area contributed by atoms with E-state index in [1.165, 1.54) is 0 Å². The third kappa shape index (κ3) is 3.00. The first-order chi connectivity index (χ1) is 10.0. The molecular weight excluding hydrogens is 376 g/mol. The lowest BCUT2D eigenvalue weighted by Gasteiger charge is -2.39. The average molecular weight is 396 g/mol. The van der Waals surface area contributed by atoms with Gasteiger partial charge < -0.3 is 5.11 Å². The Labute approximate surface area is 140 Å². The van der Waals surface area contributed by atoms with Gasteiger partial charge in [0.15, 0.2) is 0 Å². The van der Waals surface area contributed by atoms with Gasteiger partial charge in [0.2, 0.25) is 0 Å². The van der Waals surface area contributed by atoms with Crippen molar-refractivity contribution in [3.8, 4) is 0 Å². The molecule has 3 nitrogen and oxygen atoms in total. The number of nitrogens with one attached hydrogen (secondary N) is 1. The number of rotatable bonds is 4. The average Bonchev–Trinajstić information content (AvgIpc) is 2.77. The summed E-state index contributed by atoms with van der Waals surface area (Å²) in [5.41, 5.74) is -0.632. The molecule has 124 valence electrons. The molecule has 1 aromatic carbocycles. The second-order valence-electron chi connectivity index (χ2n) is 6.55. The molecule has 0 radical (unpaired) electrons. The highest BCUT2D eigenvalue weighted by atomic mass is 79.9. The van der Waals surface area contributed by atoms with Crippen LogP contribution in [0, 0.1) is 0 Å². The Balaban J connectivity index is 2.57. The fourth-order valence-electron chi connectivity index (χ4n) is 2.63. The molecule has 7 heteroatoms. The van der Waals surface area contributed by atoms with Gasteiger partial charge in [-0.1, -0.05) is 22.0 Å². The van der Waals surface area contributed by atoms with Crippen molar-refractivity contribution in [3.05, 3.63) is 33.8 Å². The molecular formula is C15H20BrF2NO2S. The minimum Gasteiger partial charge on any atom is -0.390 e. The Morgan fingerprint density at radius 3 is 2.59 bits per heavy atom. The van der Waals surface area contributed by atoms with E-state index in [-0.39, 0.29) is 6.42 Å². The molecule has 1 aliphatic rings. The van der Waals surface area contributed by atoms with Gasteiger partial charge in [-0.2, -0.15) is 0 Å². The zero-order chi connectivity index (χ0) is 16.8. The molecule has 0 saturated carbocycles. The summed E-state index contributed by atoms with van der Waals surface area (Å²) in [5.74, 6) is -3.42. The van der Waals surface area contributed by atoms with Crippen LogP contribution in [0.2, 0.25) is 0 Å². The second-order valence-corrected chi connectivity index (χ2v) is 9.43. The van der Waals surface area contributed by atoms with Crippen molar-refractivity contribution in [2.45, 2.75) is 49.8 Å². The van der Waals surface area contributed by atoms with Crippen LogP contribution in [0.15, 0.2) is 22.7 Å². The summed E-state index contributed by atoms with van der Waals surface area (Å²) >= 11 is 3.30. The summed E-state index contributed by atoms with van der Waals surface area (Å²) in [5, 5.41) is 9.23. The van der Waals surface area contributed by atoms with Gasteiger partial charge >= 0.3 is 0 Å². The quantitative estimate of drug-likeness (QED) is 0.821. The van der Waals surface area contributed by atoms with E-state index in [9.17, 15) is 18.1 Å². The van der Waals surface area contributed by atoms with Crippen molar-refractivity contribution in [1.82, 2.24) is 4.72 Å². The highest BCUT2D eigenvalue weighted by molar-refractivity contribution is 9.10. The Morgan fingerprint density at radius 1 is 1.41 bits per heavy atom. The third-order valence-corrected chi connectivity index (χ3v) is 6.09. The van der Waals surface area contributed by atoms with Gasteiger partial charge in [-0.3, -0.25) is 0 Å². The Hall–Kier alpha value is -0.370. The molecule has 0 saturated heterocycles. The number of alkyl halides is 2. The van der Waals surface area contributed by atoms with Crippen LogP contribution in [-0.2, 0) is 22.9 Å². The third-order valence-electron chi connectivity index (χ3n) is 3.95. The van der Waals surface area contributed by atoms with Crippen molar-refractivity contribution < 1.29 is 18.1 Å². The molecule has 1 aliphatic carbocycles. The molecule has 2 rings (SSSR count). The van der Waals surface area contributed by atoms with Crippen molar-refractivity contribution in [3.63, 3.8) is 0 Å². The summed E-state index contributed by atoms with van der Waals surface area (Å²) < 4.78 is 44.3. The molecule has 0 fully saturated rings.